The lowest BCUT2D eigenvalue weighted by molar-refractivity contribution is 0.0783. The maximum atomic E-state index is 13.4. The van der Waals surface area contributed by atoms with Gasteiger partial charge in [0.25, 0.3) is 5.91 Å². The zero-order valence-electron chi connectivity index (χ0n) is 25.6. The second-order valence-electron chi connectivity index (χ2n) is 11.1. The van der Waals surface area contributed by atoms with E-state index in [-0.39, 0.29) is 12.1 Å². The van der Waals surface area contributed by atoms with Crippen LogP contribution in [0.2, 0.25) is 0 Å². The molecule has 1 aliphatic heterocycles. The molecule has 0 radical (unpaired) electrons. The molecular weight excluding hydrogens is 494 g/mol. The molecule has 3 rings (SSSR count). The molecule has 0 saturated carbocycles. The molecule has 1 aliphatic rings. The fraction of sp³-hybridized carbons (Fsp3) is 0.471. The third kappa shape index (κ3) is 8.82. The van der Waals surface area contributed by atoms with Crippen LogP contribution >= 0.6 is 0 Å². The Balaban J connectivity index is 1.76. The first-order chi connectivity index (χ1) is 19.2. The molecule has 1 heterocycles. The molecule has 6 heteroatoms. The lowest BCUT2D eigenvalue weighted by Gasteiger charge is -2.29. The van der Waals surface area contributed by atoms with Gasteiger partial charge in [-0.3, -0.25) is 9.79 Å². The first-order valence-corrected chi connectivity index (χ1v) is 14.7. The van der Waals surface area contributed by atoms with E-state index < -0.39 is 0 Å². The third-order valence-electron chi connectivity index (χ3n) is 7.85. The van der Waals surface area contributed by atoms with Gasteiger partial charge in [-0.15, -0.1) is 0 Å². The number of rotatable bonds is 12. The minimum atomic E-state index is -0.141. The lowest BCUT2D eigenvalue weighted by Crippen LogP contribution is -2.40. The number of carbonyl (C=O) groups is 1. The number of benzene rings is 2. The average Bonchev–Trinajstić information content (AvgIpc) is 2.97. The highest BCUT2D eigenvalue weighted by Gasteiger charge is 2.20. The van der Waals surface area contributed by atoms with Crippen molar-refractivity contribution in [1.82, 2.24) is 15.1 Å². The van der Waals surface area contributed by atoms with Crippen LogP contribution in [0.3, 0.4) is 0 Å². The number of hydrogen-bond acceptors (Lipinski definition) is 5. The number of allylic oxidation sites excluding steroid dienone is 2. The van der Waals surface area contributed by atoms with E-state index in [1.165, 1.54) is 24.0 Å². The Bertz CT molecular complexity index is 1190. The summed E-state index contributed by atoms with van der Waals surface area (Å²) in [4.78, 5) is 22.2. The number of aliphatic imine (C=N–C) groups is 1. The second kappa shape index (κ2) is 15.4. The summed E-state index contributed by atoms with van der Waals surface area (Å²) in [6.45, 7) is 13.3. The highest BCUT2D eigenvalue weighted by atomic mass is 16.2. The fourth-order valence-electron chi connectivity index (χ4n) is 5.18. The van der Waals surface area contributed by atoms with Crippen molar-refractivity contribution in [1.29, 1.82) is 0 Å². The van der Waals surface area contributed by atoms with Gasteiger partial charge >= 0.3 is 0 Å². The molecule has 2 N–H and O–H groups in total. The van der Waals surface area contributed by atoms with Gasteiger partial charge in [0, 0.05) is 38.1 Å². The van der Waals surface area contributed by atoms with E-state index in [0.29, 0.717) is 5.92 Å². The zero-order chi connectivity index (χ0) is 29.1. The number of carbonyl (C=O) groups excluding carboxylic acids is 1. The highest BCUT2D eigenvalue weighted by molar-refractivity contribution is 5.96. The van der Waals surface area contributed by atoms with E-state index in [9.17, 15) is 4.79 Å². The Morgan fingerprint density at radius 2 is 1.82 bits per heavy atom. The predicted molar refractivity (Wildman–Crippen MR) is 171 cm³/mol. The van der Waals surface area contributed by atoms with Gasteiger partial charge in [0.2, 0.25) is 0 Å². The Morgan fingerprint density at radius 1 is 1.12 bits per heavy atom. The van der Waals surface area contributed by atoms with E-state index >= 15 is 0 Å². The van der Waals surface area contributed by atoms with E-state index in [0.717, 1.165) is 60.6 Å². The third-order valence-corrected chi connectivity index (χ3v) is 7.85. The van der Waals surface area contributed by atoms with Crippen molar-refractivity contribution < 1.29 is 4.79 Å². The molecule has 6 nitrogen and oxygen atoms in total. The first kappa shape index (κ1) is 31.2. The van der Waals surface area contributed by atoms with Crippen LogP contribution in [-0.2, 0) is 6.42 Å². The van der Waals surface area contributed by atoms with Gasteiger partial charge in [-0.25, -0.2) is 0 Å². The van der Waals surface area contributed by atoms with Crippen molar-refractivity contribution in [2.24, 2.45) is 10.9 Å². The van der Waals surface area contributed by atoms with Crippen molar-refractivity contribution in [3.63, 3.8) is 0 Å². The molecule has 1 saturated heterocycles. The summed E-state index contributed by atoms with van der Waals surface area (Å²) < 4.78 is 0. The smallest absolute Gasteiger partial charge is 0.253 e. The summed E-state index contributed by atoms with van der Waals surface area (Å²) in [6, 6.07) is 14.6. The first-order valence-electron chi connectivity index (χ1n) is 14.7. The molecule has 0 bridgehead atoms. The molecule has 0 aromatic heterocycles. The molecule has 2 aromatic rings. The summed E-state index contributed by atoms with van der Waals surface area (Å²) >= 11 is 0. The number of aryl methyl sites for hydroxylation is 2. The van der Waals surface area contributed by atoms with Crippen molar-refractivity contribution in [3.05, 3.63) is 83.2 Å². The number of anilines is 1. The van der Waals surface area contributed by atoms with Crippen LogP contribution in [-0.4, -0.2) is 61.3 Å². The topological polar surface area (TPSA) is 60.0 Å². The predicted octanol–water partition coefficient (Wildman–Crippen LogP) is 6.74. The molecule has 1 unspecified atom stereocenters. The minimum absolute atomic E-state index is 0.106. The van der Waals surface area contributed by atoms with Crippen molar-refractivity contribution in [2.75, 3.05) is 39.0 Å². The van der Waals surface area contributed by atoms with Crippen LogP contribution in [0.1, 0.15) is 74.0 Å². The molecule has 216 valence electrons. The number of amides is 1. The summed E-state index contributed by atoms with van der Waals surface area (Å²) in [7, 11) is 3.98. The van der Waals surface area contributed by atoms with Crippen LogP contribution in [0.4, 0.5) is 5.69 Å². The molecule has 2 aromatic carbocycles. The maximum Gasteiger partial charge on any atom is 0.253 e. The number of piperidine rings is 1. The molecule has 40 heavy (non-hydrogen) atoms. The van der Waals surface area contributed by atoms with Crippen LogP contribution < -0.4 is 10.6 Å². The van der Waals surface area contributed by atoms with Gasteiger partial charge in [-0.2, -0.15) is 0 Å². The van der Waals surface area contributed by atoms with Crippen LogP contribution in [0.15, 0.2) is 65.9 Å². The monoisotopic (exact) mass is 543 g/mol. The van der Waals surface area contributed by atoms with Crippen molar-refractivity contribution in [3.8, 4) is 0 Å². The molecule has 0 spiro atoms. The van der Waals surface area contributed by atoms with Crippen molar-refractivity contribution >= 4 is 22.9 Å². The fourth-order valence-corrected chi connectivity index (χ4v) is 5.18. The molecule has 1 amide bonds. The van der Waals surface area contributed by atoms with Gasteiger partial charge in [0.05, 0.1) is 5.71 Å². The Morgan fingerprint density at radius 3 is 2.48 bits per heavy atom. The standard InChI is InChI=1S/C34H49N5O/c1-8-21-38(6)33(27(5)36-24-26(4)30-12-10-25(3)11-13-30)37-31-14-15-32(29(9-2)23-31)34(40)39(7)22-18-28-16-19-35-20-17-28/h8,10-15,21,23-24,28,33,35,37H,9,16-20,22H2,1-7H3/b21-8-,26-24+,36-27?. The van der Waals surface area contributed by atoms with Crippen LogP contribution in [0.25, 0.3) is 5.57 Å². The van der Waals surface area contributed by atoms with Crippen LogP contribution in [0, 0.1) is 12.8 Å². The van der Waals surface area contributed by atoms with Gasteiger partial charge in [0.1, 0.15) is 6.17 Å². The zero-order valence-corrected chi connectivity index (χ0v) is 25.6. The second-order valence-corrected chi connectivity index (χ2v) is 11.1. The number of nitrogens with zero attached hydrogens (tertiary/aromatic N) is 3. The van der Waals surface area contributed by atoms with Gasteiger partial charge in [-0.1, -0.05) is 42.8 Å². The molecule has 0 aliphatic carbocycles. The average molecular weight is 544 g/mol. The SMILES string of the molecule is C/C=C\N(C)C(Nc1ccc(C(=O)N(C)CCC2CCNCC2)c(CC)c1)C(C)=N/C=C(\C)c1ccc(C)cc1. The molecular formula is C34H49N5O. The summed E-state index contributed by atoms with van der Waals surface area (Å²) in [5.41, 5.74) is 7.30. The van der Waals surface area contributed by atoms with Gasteiger partial charge < -0.3 is 20.4 Å². The summed E-state index contributed by atoms with van der Waals surface area (Å²) in [6.07, 6.45) is 10.1. The number of hydrogen-bond donors (Lipinski definition) is 2. The Labute approximate surface area is 242 Å². The molecule has 1 fully saturated rings. The molecule has 1 atom stereocenters. The van der Waals surface area contributed by atoms with E-state index in [2.05, 4.69) is 66.6 Å². The van der Waals surface area contributed by atoms with E-state index in [1.807, 2.05) is 63.5 Å². The normalized spacial score (nSPS) is 15.8. The quantitative estimate of drug-likeness (QED) is 0.230. The number of nitrogens with one attached hydrogen (secondary N) is 2. The highest BCUT2D eigenvalue weighted by Crippen LogP contribution is 2.22. The maximum absolute atomic E-state index is 13.4. The summed E-state index contributed by atoms with van der Waals surface area (Å²) in [5, 5.41) is 7.08. The minimum Gasteiger partial charge on any atom is -0.360 e. The van der Waals surface area contributed by atoms with Gasteiger partial charge in [-0.05, 0) is 113 Å². The van der Waals surface area contributed by atoms with Crippen molar-refractivity contribution in [2.45, 2.75) is 66.5 Å². The Kier molecular flexibility index (Phi) is 12.0. The largest absolute Gasteiger partial charge is 0.360 e. The van der Waals surface area contributed by atoms with E-state index in [1.54, 1.807) is 0 Å². The van der Waals surface area contributed by atoms with Gasteiger partial charge in [0.15, 0.2) is 0 Å². The summed E-state index contributed by atoms with van der Waals surface area (Å²) in [5.74, 6) is 0.814. The Hall–Kier alpha value is -3.38. The van der Waals surface area contributed by atoms with Crippen LogP contribution in [0.5, 0.6) is 0 Å². The lowest BCUT2D eigenvalue weighted by atomic mass is 9.94. The van der Waals surface area contributed by atoms with E-state index in [4.69, 9.17) is 4.99 Å².